The Morgan fingerprint density at radius 3 is 2.58 bits per heavy atom. The van der Waals surface area contributed by atoms with Crippen LogP contribution < -0.4 is 5.32 Å². The van der Waals surface area contributed by atoms with E-state index in [4.69, 9.17) is 23.2 Å². The molecule has 0 spiro atoms. The van der Waals surface area contributed by atoms with Gasteiger partial charge in [-0.2, -0.15) is 10.2 Å². The minimum absolute atomic E-state index is 0.176. The van der Waals surface area contributed by atoms with Crippen molar-refractivity contribution in [3.05, 3.63) is 69.0 Å². The number of carbonyl (C=O) groups excluding carboxylic acids is 1. The highest BCUT2D eigenvalue weighted by Gasteiger charge is 2.36. The number of aromatic nitrogens is 5. The zero-order valence-corrected chi connectivity index (χ0v) is 19.9. The molecule has 0 aliphatic heterocycles. The summed E-state index contributed by atoms with van der Waals surface area (Å²) in [5, 5.41) is 23.0. The molecule has 5 rings (SSSR count). The van der Waals surface area contributed by atoms with Gasteiger partial charge in [0, 0.05) is 16.8 Å². The molecule has 1 amide bonds. The molecule has 0 saturated heterocycles. The molecule has 0 unspecified atom stereocenters. The maximum atomic E-state index is 13.3. The summed E-state index contributed by atoms with van der Waals surface area (Å²) in [6.07, 6.45) is 3.46. The third-order valence-corrected chi connectivity index (χ3v) is 6.74. The molecule has 4 aromatic rings. The van der Waals surface area contributed by atoms with Gasteiger partial charge in [-0.25, -0.2) is 14.2 Å². The van der Waals surface area contributed by atoms with E-state index in [9.17, 15) is 9.90 Å². The van der Waals surface area contributed by atoms with E-state index in [1.54, 1.807) is 40.6 Å². The molecular formula is C23H22Cl2N6O2. The van der Waals surface area contributed by atoms with Crippen LogP contribution in [0.1, 0.15) is 46.5 Å². The molecular weight excluding hydrogens is 463 g/mol. The molecule has 3 aromatic heterocycles. The highest BCUT2D eigenvalue weighted by Crippen LogP contribution is 2.36. The molecule has 0 fully saturated rings. The summed E-state index contributed by atoms with van der Waals surface area (Å²) in [7, 11) is 0. The Kier molecular flexibility index (Phi) is 5.10. The quantitative estimate of drug-likeness (QED) is 0.453. The predicted octanol–water partition coefficient (Wildman–Crippen LogP) is 4.22. The van der Waals surface area contributed by atoms with Crippen molar-refractivity contribution in [2.45, 2.75) is 45.6 Å². The van der Waals surface area contributed by atoms with Gasteiger partial charge in [-0.05, 0) is 64.3 Å². The SMILES string of the molecule is Cc1ncn(-c2cc(Cl)c(C(=O)N[C@@]3(C)CCc4nn5c(C)ccc(O)c5c4C3)c(Cl)c2)n1. The Morgan fingerprint density at radius 2 is 1.91 bits per heavy atom. The minimum Gasteiger partial charge on any atom is -0.506 e. The van der Waals surface area contributed by atoms with Crippen molar-refractivity contribution in [3.8, 4) is 11.4 Å². The van der Waals surface area contributed by atoms with Gasteiger partial charge in [0.2, 0.25) is 0 Å². The van der Waals surface area contributed by atoms with Crippen LogP contribution in [0.5, 0.6) is 5.75 Å². The Hall–Kier alpha value is -3.10. The maximum Gasteiger partial charge on any atom is 0.254 e. The van der Waals surface area contributed by atoms with E-state index in [2.05, 4.69) is 20.5 Å². The second-order valence-electron chi connectivity index (χ2n) is 8.76. The van der Waals surface area contributed by atoms with Crippen LogP contribution in [-0.4, -0.2) is 40.9 Å². The average Bonchev–Trinajstić information content (AvgIpc) is 3.34. The molecule has 8 nitrogen and oxygen atoms in total. The Bertz CT molecular complexity index is 1400. The zero-order valence-electron chi connectivity index (χ0n) is 18.4. The fourth-order valence-electron chi connectivity index (χ4n) is 4.44. The van der Waals surface area contributed by atoms with Crippen molar-refractivity contribution in [1.29, 1.82) is 0 Å². The van der Waals surface area contributed by atoms with E-state index < -0.39 is 5.54 Å². The van der Waals surface area contributed by atoms with Crippen LogP contribution in [0.3, 0.4) is 0 Å². The first-order valence-electron chi connectivity index (χ1n) is 10.5. The number of hydrogen-bond donors (Lipinski definition) is 2. The number of aromatic hydroxyl groups is 1. The number of nitrogens with zero attached hydrogens (tertiary/aromatic N) is 5. The largest absolute Gasteiger partial charge is 0.506 e. The first-order valence-corrected chi connectivity index (χ1v) is 11.3. The van der Waals surface area contributed by atoms with E-state index in [0.717, 1.165) is 17.0 Å². The number of benzene rings is 1. The van der Waals surface area contributed by atoms with E-state index in [1.807, 2.05) is 19.9 Å². The monoisotopic (exact) mass is 484 g/mol. The molecule has 0 saturated carbocycles. The van der Waals surface area contributed by atoms with Crippen LogP contribution in [0.25, 0.3) is 11.2 Å². The standard InChI is InChI=1S/C23H22Cl2N6O2/c1-12-4-5-19(32)21-15-10-23(3,7-6-18(15)29-31(12)21)27-22(33)20-16(24)8-14(9-17(20)25)30-11-26-13(2)28-30/h4-5,8-9,11,32H,6-7,10H2,1-3H3,(H,27,33)/t23-/m0/s1. The number of hydrogen-bond acceptors (Lipinski definition) is 5. The summed E-state index contributed by atoms with van der Waals surface area (Å²) in [5.41, 5.74) is 3.78. The van der Waals surface area contributed by atoms with Crippen molar-refractivity contribution >= 4 is 34.6 Å². The molecule has 10 heteroatoms. The summed E-state index contributed by atoms with van der Waals surface area (Å²) in [6, 6.07) is 6.79. The van der Waals surface area contributed by atoms with E-state index in [-0.39, 0.29) is 27.3 Å². The third-order valence-electron chi connectivity index (χ3n) is 6.15. The van der Waals surface area contributed by atoms with Gasteiger partial charge >= 0.3 is 0 Å². The summed E-state index contributed by atoms with van der Waals surface area (Å²) < 4.78 is 3.32. The van der Waals surface area contributed by atoms with Gasteiger partial charge in [0.25, 0.3) is 5.91 Å². The van der Waals surface area contributed by atoms with Crippen molar-refractivity contribution in [2.75, 3.05) is 0 Å². The molecule has 1 aromatic carbocycles. The number of rotatable bonds is 3. The molecule has 2 N–H and O–H groups in total. The second-order valence-corrected chi connectivity index (χ2v) is 9.57. The van der Waals surface area contributed by atoms with E-state index >= 15 is 0 Å². The molecule has 1 atom stereocenters. The van der Waals surface area contributed by atoms with E-state index in [0.29, 0.717) is 36.3 Å². The zero-order chi connectivity index (χ0) is 23.5. The number of pyridine rings is 1. The van der Waals surface area contributed by atoms with Crippen LogP contribution >= 0.6 is 23.2 Å². The normalized spacial score (nSPS) is 17.8. The van der Waals surface area contributed by atoms with Gasteiger partial charge < -0.3 is 10.4 Å². The third kappa shape index (κ3) is 3.73. The van der Waals surface area contributed by atoms with Gasteiger partial charge in [0.05, 0.1) is 27.0 Å². The second kappa shape index (κ2) is 7.74. The Morgan fingerprint density at radius 1 is 1.18 bits per heavy atom. The summed E-state index contributed by atoms with van der Waals surface area (Å²) in [6.45, 7) is 5.71. The fraction of sp³-hybridized carbons (Fsp3) is 0.304. The number of halogens is 2. The molecule has 0 radical (unpaired) electrons. The molecule has 0 bridgehead atoms. The van der Waals surface area contributed by atoms with Gasteiger partial charge in [-0.1, -0.05) is 23.2 Å². The number of aryl methyl sites for hydroxylation is 3. The van der Waals surface area contributed by atoms with Gasteiger partial charge in [-0.3, -0.25) is 4.79 Å². The lowest BCUT2D eigenvalue weighted by atomic mass is 9.81. The minimum atomic E-state index is -0.557. The van der Waals surface area contributed by atoms with Gasteiger partial charge in [0.15, 0.2) is 0 Å². The summed E-state index contributed by atoms with van der Waals surface area (Å²) >= 11 is 13.0. The summed E-state index contributed by atoms with van der Waals surface area (Å²) in [5.74, 6) is 0.437. The van der Waals surface area contributed by atoms with Crippen molar-refractivity contribution < 1.29 is 9.90 Å². The maximum absolute atomic E-state index is 13.3. The van der Waals surface area contributed by atoms with Gasteiger partial charge in [0.1, 0.15) is 23.4 Å². The Labute approximate surface area is 200 Å². The Balaban J connectivity index is 1.44. The van der Waals surface area contributed by atoms with E-state index in [1.165, 1.54) is 0 Å². The highest BCUT2D eigenvalue weighted by atomic mass is 35.5. The van der Waals surface area contributed by atoms with Crippen LogP contribution in [0.15, 0.2) is 30.6 Å². The topological polar surface area (TPSA) is 97.3 Å². The first kappa shape index (κ1) is 21.7. The number of fused-ring (bicyclic) bond motifs is 3. The van der Waals surface area contributed by atoms with Crippen LogP contribution in [0.4, 0.5) is 0 Å². The summed E-state index contributed by atoms with van der Waals surface area (Å²) in [4.78, 5) is 17.4. The van der Waals surface area contributed by atoms with Crippen molar-refractivity contribution in [3.63, 3.8) is 0 Å². The van der Waals surface area contributed by atoms with Crippen molar-refractivity contribution in [2.24, 2.45) is 0 Å². The molecule has 3 heterocycles. The average molecular weight is 485 g/mol. The van der Waals surface area contributed by atoms with Crippen LogP contribution in [0, 0.1) is 13.8 Å². The number of nitrogens with one attached hydrogen (secondary N) is 1. The molecule has 170 valence electrons. The highest BCUT2D eigenvalue weighted by molar-refractivity contribution is 6.40. The molecule has 1 aliphatic rings. The van der Waals surface area contributed by atoms with Crippen molar-refractivity contribution in [1.82, 2.24) is 29.7 Å². The number of amides is 1. The van der Waals surface area contributed by atoms with Gasteiger partial charge in [-0.15, -0.1) is 0 Å². The predicted molar refractivity (Wildman–Crippen MR) is 126 cm³/mol. The lowest BCUT2D eigenvalue weighted by Gasteiger charge is -2.34. The van der Waals surface area contributed by atoms with Crippen LogP contribution in [-0.2, 0) is 12.8 Å². The lowest BCUT2D eigenvalue weighted by Crippen LogP contribution is -2.49. The smallest absolute Gasteiger partial charge is 0.254 e. The molecule has 33 heavy (non-hydrogen) atoms. The van der Waals surface area contributed by atoms with Crippen LogP contribution in [0.2, 0.25) is 10.0 Å². The number of carbonyl (C=O) groups is 1. The first-order chi connectivity index (χ1) is 15.6. The fourth-order valence-corrected chi connectivity index (χ4v) is 5.09. The molecule has 1 aliphatic carbocycles. The lowest BCUT2D eigenvalue weighted by molar-refractivity contribution is 0.0898.